The minimum absolute atomic E-state index is 0.360. The summed E-state index contributed by atoms with van der Waals surface area (Å²) in [6, 6.07) is 6.10. The van der Waals surface area contributed by atoms with E-state index in [1.54, 1.807) is 0 Å². The summed E-state index contributed by atoms with van der Waals surface area (Å²) >= 11 is 3.45. The fourth-order valence-corrected chi connectivity index (χ4v) is 2.68. The van der Waals surface area contributed by atoms with Crippen LogP contribution in [0.4, 0.5) is 5.69 Å². The SMILES string of the molecule is Cc1cc(Br)ccc1NCC(O)CN1CCOCC1. The van der Waals surface area contributed by atoms with Crippen LogP contribution in [0.1, 0.15) is 5.56 Å². The van der Waals surface area contributed by atoms with Crippen LogP contribution in [0.25, 0.3) is 0 Å². The number of nitrogens with one attached hydrogen (secondary N) is 1. The van der Waals surface area contributed by atoms with Crippen LogP contribution >= 0.6 is 15.9 Å². The Bertz CT molecular complexity index is 408. The highest BCUT2D eigenvalue weighted by atomic mass is 79.9. The fraction of sp³-hybridized carbons (Fsp3) is 0.571. The average Bonchev–Trinajstić information content (AvgIpc) is 2.39. The molecule has 0 spiro atoms. The predicted octanol–water partition coefficient (Wildman–Crippen LogP) is 1.86. The molecule has 2 N–H and O–H groups in total. The van der Waals surface area contributed by atoms with E-state index in [1.165, 1.54) is 5.56 Å². The van der Waals surface area contributed by atoms with E-state index in [1.807, 2.05) is 12.1 Å². The van der Waals surface area contributed by atoms with Gasteiger partial charge < -0.3 is 15.2 Å². The Balaban J connectivity index is 1.77. The number of aryl methyl sites for hydroxylation is 1. The maximum atomic E-state index is 10.1. The number of benzene rings is 1. The van der Waals surface area contributed by atoms with Crippen molar-refractivity contribution in [3.63, 3.8) is 0 Å². The van der Waals surface area contributed by atoms with E-state index >= 15 is 0 Å². The molecule has 0 amide bonds. The van der Waals surface area contributed by atoms with Crippen molar-refractivity contribution >= 4 is 21.6 Å². The molecule has 0 radical (unpaired) electrons. The number of ether oxygens (including phenoxy) is 1. The third-order valence-corrected chi connectivity index (χ3v) is 3.78. The van der Waals surface area contributed by atoms with E-state index in [0.717, 1.165) is 36.5 Å². The van der Waals surface area contributed by atoms with Gasteiger partial charge in [-0.15, -0.1) is 0 Å². The number of nitrogens with zero attached hydrogens (tertiary/aromatic N) is 1. The highest BCUT2D eigenvalue weighted by Crippen LogP contribution is 2.19. The number of aliphatic hydroxyl groups is 1. The van der Waals surface area contributed by atoms with Gasteiger partial charge in [-0.2, -0.15) is 0 Å². The molecular weight excluding hydrogens is 308 g/mol. The summed E-state index contributed by atoms with van der Waals surface area (Å²) in [5, 5.41) is 13.4. The number of rotatable bonds is 5. The largest absolute Gasteiger partial charge is 0.390 e. The van der Waals surface area contributed by atoms with Gasteiger partial charge in [0.15, 0.2) is 0 Å². The van der Waals surface area contributed by atoms with Crippen LogP contribution in [0, 0.1) is 6.92 Å². The average molecular weight is 329 g/mol. The van der Waals surface area contributed by atoms with E-state index in [-0.39, 0.29) is 6.10 Å². The second-order valence-electron chi connectivity index (χ2n) is 4.91. The van der Waals surface area contributed by atoms with Crippen molar-refractivity contribution in [3.8, 4) is 0 Å². The minimum Gasteiger partial charge on any atom is -0.390 e. The lowest BCUT2D eigenvalue weighted by molar-refractivity contribution is 0.0171. The molecule has 1 saturated heterocycles. The van der Waals surface area contributed by atoms with Crippen LogP contribution in [-0.2, 0) is 4.74 Å². The highest BCUT2D eigenvalue weighted by Gasteiger charge is 2.14. The monoisotopic (exact) mass is 328 g/mol. The Morgan fingerprint density at radius 3 is 2.84 bits per heavy atom. The summed E-state index contributed by atoms with van der Waals surface area (Å²) in [6.07, 6.45) is -0.360. The first kappa shape index (κ1) is 14.8. The topological polar surface area (TPSA) is 44.7 Å². The van der Waals surface area contributed by atoms with Crippen LogP contribution in [0.3, 0.4) is 0 Å². The number of aliphatic hydroxyl groups excluding tert-OH is 1. The van der Waals surface area contributed by atoms with Crippen LogP contribution < -0.4 is 5.32 Å². The van der Waals surface area contributed by atoms with Gasteiger partial charge in [-0.3, -0.25) is 4.90 Å². The number of halogens is 1. The molecule has 0 aliphatic carbocycles. The van der Waals surface area contributed by atoms with Crippen molar-refractivity contribution in [2.45, 2.75) is 13.0 Å². The molecule has 19 heavy (non-hydrogen) atoms. The standard InChI is InChI=1S/C14H21BrN2O2/c1-11-8-12(15)2-3-14(11)16-9-13(18)10-17-4-6-19-7-5-17/h2-3,8,13,16,18H,4-7,9-10H2,1H3. The number of hydrogen-bond acceptors (Lipinski definition) is 4. The molecule has 1 atom stereocenters. The third-order valence-electron chi connectivity index (χ3n) is 3.29. The Kier molecular flexibility index (Phi) is 5.63. The first-order chi connectivity index (χ1) is 9.15. The molecule has 4 nitrogen and oxygen atoms in total. The van der Waals surface area contributed by atoms with Crippen LogP contribution in [0.15, 0.2) is 22.7 Å². The molecule has 0 bridgehead atoms. The molecule has 0 saturated carbocycles. The Morgan fingerprint density at radius 1 is 1.42 bits per heavy atom. The molecule has 1 aliphatic rings. The predicted molar refractivity (Wildman–Crippen MR) is 80.6 cm³/mol. The summed E-state index contributed by atoms with van der Waals surface area (Å²) in [5.41, 5.74) is 2.25. The van der Waals surface area contributed by atoms with Gasteiger partial charge in [-0.25, -0.2) is 0 Å². The minimum atomic E-state index is -0.360. The maximum Gasteiger partial charge on any atom is 0.0839 e. The van der Waals surface area contributed by atoms with Crippen LogP contribution in [0.2, 0.25) is 0 Å². The number of morpholine rings is 1. The van der Waals surface area contributed by atoms with E-state index in [4.69, 9.17) is 4.74 Å². The molecule has 1 aliphatic heterocycles. The summed E-state index contributed by atoms with van der Waals surface area (Å²) in [6.45, 7) is 6.69. The lowest BCUT2D eigenvalue weighted by atomic mass is 10.2. The normalized spacial score (nSPS) is 18.3. The highest BCUT2D eigenvalue weighted by molar-refractivity contribution is 9.10. The summed E-state index contributed by atoms with van der Waals surface area (Å²) in [7, 11) is 0. The zero-order chi connectivity index (χ0) is 13.7. The number of anilines is 1. The van der Waals surface area contributed by atoms with E-state index in [2.05, 4.69) is 39.1 Å². The van der Waals surface area contributed by atoms with Crippen LogP contribution in [-0.4, -0.2) is 55.5 Å². The Hall–Kier alpha value is -0.620. The molecule has 1 fully saturated rings. The van der Waals surface area contributed by atoms with Crippen molar-refractivity contribution in [2.75, 3.05) is 44.7 Å². The van der Waals surface area contributed by atoms with Gasteiger partial charge in [0.25, 0.3) is 0 Å². The molecule has 1 aromatic carbocycles. The second kappa shape index (κ2) is 7.24. The lowest BCUT2D eigenvalue weighted by Crippen LogP contribution is -2.42. The molecule has 1 heterocycles. The first-order valence-corrected chi connectivity index (χ1v) is 7.42. The van der Waals surface area contributed by atoms with E-state index < -0.39 is 0 Å². The summed E-state index contributed by atoms with van der Waals surface area (Å²) in [5.74, 6) is 0. The third kappa shape index (κ3) is 4.76. The second-order valence-corrected chi connectivity index (χ2v) is 5.82. The van der Waals surface area contributed by atoms with Gasteiger partial charge >= 0.3 is 0 Å². The Morgan fingerprint density at radius 2 is 2.16 bits per heavy atom. The van der Waals surface area contributed by atoms with Gasteiger partial charge in [0.05, 0.1) is 19.3 Å². The van der Waals surface area contributed by atoms with Gasteiger partial charge in [0, 0.05) is 36.3 Å². The zero-order valence-corrected chi connectivity index (χ0v) is 12.8. The summed E-state index contributed by atoms with van der Waals surface area (Å²) in [4.78, 5) is 2.24. The molecule has 5 heteroatoms. The molecule has 0 aromatic heterocycles. The smallest absolute Gasteiger partial charge is 0.0839 e. The fourth-order valence-electron chi connectivity index (χ4n) is 2.20. The van der Waals surface area contributed by atoms with Crippen molar-refractivity contribution in [1.29, 1.82) is 0 Å². The summed E-state index contributed by atoms with van der Waals surface area (Å²) < 4.78 is 6.37. The lowest BCUT2D eigenvalue weighted by Gasteiger charge is -2.28. The van der Waals surface area contributed by atoms with E-state index in [0.29, 0.717) is 13.1 Å². The molecule has 2 rings (SSSR count). The quantitative estimate of drug-likeness (QED) is 0.866. The van der Waals surface area contributed by atoms with Crippen molar-refractivity contribution in [1.82, 2.24) is 4.90 Å². The maximum absolute atomic E-state index is 10.1. The molecule has 1 aromatic rings. The van der Waals surface area contributed by atoms with Crippen LogP contribution in [0.5, 0.6) is 0 Å². The Labute approximate surface area is 122 Å². The number of β-amino-alcohol motifs (C(OH)–C–C–N with tert-alkyl or cyclic N) is 1. The molecule has 106 valence electrons. The van der Waals surface area contributed by atoms with E-state index in [9.17, 15) is 5.11 Å². The van der Waals surface area contributed by atoms with Gasteiger partial charge in [-0.1, -0.05) is 15.9 Å². The molecule has 1 unspecified atom stereocenters. The van der Waals surface area contributed by atoms with Crippen molar-refractivity contribution in [3.05, 3.63) is 28.2 Å². The van der Waals surface area contributed by atoms with Crippen molar-refractivity contribution < 1.29 is 9.84 Å². The van der Waals surface area contributed by atoms with Gasteiger partial charge in [0.1, 0.15) is 0 Å². The number of hydrogen-bond donors (Lipinski definition) is 2. The first-order valence-electron chi connectivity index (χ1n) is 6.63. The molecular formula is C14H21BrN2O2. The van der Waals surface area contributed by atoms with Gasteiger partial charge in [0.2, 0.25) is 0 Å². The zero-order valence-electron chi connectivity index (χ0n) is 11.2. The van der Waals surface area contributed by atoms with Gasteiger partial charge in [-0.05, 0) is 30.7 Å². The van der Waals surface area contributed by atoms with Crippen molar-refractivity contribution in [2.24, 2.45) is 0 Å².